The minimum atomic E-state index is -1.13. The van der Waals surface area contributed by atoms with E-state index in [1.165, 1.54) is 6.33 Å². The van der Waals surface area contributed by atoms with Crippen molar-refractivity contribution in [2.75, 3.05) is 32.1 Å². The molecular formula is C21H30ClN5OSi. The second-order valence-electron chi connectivity index (χ2n) is 8.32. The SMILES string of the molecule is CNCCNc1ccc(-c2cc3c(Cl)ncnc3n2COCC[Si](C)(C)C)cc1. The summed E-state index contributed by atoms with van der Waals surface area (Å²) in [5.74, 6) is 0. The van der Waals surface area contributed by atoms with Gasteiger partial charge in [0, 0.05) is 33.5 Å². The van der Waals surface area contributed by atoms with Crippen LogP contribution in [-0.2, 0) is 11.5 Å². The number of rotatable bonds is 10. The van der Waals surface area contributed by atoms with Gasteiger partial charge in [-0.05, 0) is 36.9 Å². The molecule has 29 heavy (non-hydrogen) atoms. The molecule has 0 aliphatic carbocycles. The highest BCUT2D eigenvalue weighted by Gasteiger charge is 2.16. The highest BCUT2D eigenvalue weighted by Crippen LogP contribution is 2.31. The molecule has 0 bridgehead atoms. The zero-order chi connectivity index (χ0) is 20.9. The first-order valence-electron chi connectivity index (χ1n) is 9.95. The normalized spacial score (nSPS) is 11.9. The molecule has 3 aromatic rings. The average Bonchev–Trinajstić information content (AvgIpc) is 3.05. The van der Waals surface area contributed by atoms with Crippen molar-refractivity contribution in [1.29, 1.82) is 0 Å². The molecule has 156 valence electrons. The quantitative estimate of drug-likeness (QED) is 0.277. The number of aromatic nitrogens is 3. The summed E-state index contributed by atoms with van der Waals surface area (Å²) in [4.78, 5) is 8.59. The number of halogens is 1. The predicted molar refractivity (Wildman–Crippen MR) is 124 cm³/mol. The van der Waals surface area contributed by atoms with Gasteiger partial charge in [0.25, 0.3) is 0 Å². The summed E-state index contributed by atoms with van der Waals surface area (Å²) in [5, 5.41) is 7.83. The number of fused-ring (bicyclic) bond motifs is 1. The van der Waals surface area contributed by atoms with Gasteiger partial charge in [-0.25, -0.2) is 9.97 Å². The van der Waals surface area contributed by atoms with E-state index in [-0.39, 0.29) is 0 Å². The first-order valence-corrected chi connectivity index (χ1v) is 14.0. The Hall–Kier alpha value is -1.93. The Balaban J connectivity index is 1.85. The molecule has 0 aliphatic rings. The van der Waals surface area contributed by atoms with Crippen molar-refractivity contribution in [3.63, 3.8) is 0 Å². The fourth-order valence-corrected chi connectivity index (χ4v) is 3.97. The predicted octanol–water partition coefficient (Wildman–Crippen LogP) is 4.70. The zero-order valence-corrected chi connectivity index (χ0v) is 19.4. The van der Waals surface area contributed by atoms with E-state index in [0.29, 0.717) is 11.9 Å². The minimum Gasteiger partial charge on any atom is -0.384 e. The Kier molecular flexibility index (Phi) is 7.29. The van der Waals surface area contributed by atoms with Crippen LogP contribution in [0.5, 0.6) is 0 Å². The summed E-state index contributed by atoms with van der Waals surface area (Å²) in [6.45, 7) is 10.1. The van der Waals surface area contributed by atoms with Crippen molar-refractivity contribution in [3.05, 3.63) is 41.8 Å². The molecule has 0 saturated heterocycles. The summed E-state index contributed by atoms with van der Waals surface area (Å²) in [5.41, 5.74) is 4.00. The highest BCUT2D eigenvalue weighted by atomic mass is 35.5. The van der Waals surface area contributed by atoms with Crippen molar-refractivity contribution in [2.45, 2.75) is 32.4 Å². The lowest BCUT2D eigenvalue weighted by Gasteiger charge is -2.17. The van der Waals surface area contributed by atoms with Gasteiger partial charge in [0.2, 0.25) is 0 Å². The first kappa shape index (κ1) is 21.8. The summed E-state index contributed by atoms with van der Waals surface area (Å²) < 4.78 is 8.11. The van der Waals surface area contributed by atoms with Crippen LogP contribution < -0.4 is 10.6 Å². The summed E-state index contributed by atoms with van der Waals surface area (Å²) in [6, 6.07) is 11.6. The van der Waals surface area contributed by atoms with Gasteiger partial charge in [0.1, 0.15) is 23.9 Å². The third-order valence-electron chi connectivity index (χ3n) is 4.74. The van der Waals surface area contributed by atoms with Crippen LogP contribution >= 0.6 is 11.6 Å². The van der Waals surface area contributed by atoms with E-state index in [1.807, 2.05) is 13.1 Å². The van der Waals surface area contributed by atoms with Gasteiger partial charge in [0.15, 0.2) is 0 Å². The molecule has 0 atom stereocenters. The molecule has 2 heterocycles. The molecule has 1 aromatic carbocycles. The van der Waals surface area contributed by atoms with Crippen molar-refractivity contribution < 1.29 is 4.74 Å². The Morgan fingerprint density at radius 2 is 1.86 bits per heavy atom. The Morgan fingerprint density at radius 3 is 2.55 bits per heavy atom. The molecule has 0 amide bonds. The smallest absolute Gasteiger partial charge is 0.147 e. The lowest BCUT2D eigenvalue weighted by atomic mass is 10.1. The van der Waals surface area contributed by atoms with E-state index in [0.717, 1.165) is 53.7 Å². The molecule has 0 aliphatic heterocycles. The van der Waals surface area contributed by atoms with Crippen LogP contribution in [0.1, 0.15) is 0 Å². The number of likely N-dealkylation sites (N-methyl/N-ethyl adjacent to an activating group) is 1. The molecular weight excluding hydrogens is 402 g/mol. The average molecular weight is 432 g/mol. The first-order chi connectivity index (χ1) is 13.9. The van der Waals surface area contributed by atoms with E-state index >= 15 is 0 Å². The van der Waals surface area contributed by atoms with Gasteiger partial charge in [-0.1, -0.05) is 43.4 Å². The maximum atomic E-state index is 6.33. The third-order valence-corrected chi connectivity index (χ3v) is 6.75. The molecule has 0 saturated carbocycles. The number of benzene rings is 1. The Labute approximate surface area is 178 Å². The van der Waals surface area contributed by atoms with Crippen LogP contribution in [0, 0.1) is 0 Å². The Morgan fingerprint density at radius 1 is 1.10 bits per heavy atom. The molecule has 8 heteroatoms. The maximum absolute atomic E-state index is 6.33. The molecule has 2 aromatic heterocycles. The molecule has 0 radical (unpaired) electrons. The summed E-state index contributed by atoms with van der Waals surface area (Å²) in [6.07, 6.45) is 1.50. The van der Waals surface area contributed by atoms with E-state index in [9.17, 15) is 0 Å². The zero-order valence-electron chi connectivity index (χ0n) is 17.6. The van der Waals surface area contributed by atoms with Crippen LogP contribution in [0.2, 0.25) is 30.8 Å². The van der Waals surface area contributed by atoms with Crippen LogP contribution in [0.25, 0.3) is 22.3 Å². The lowest BCUT2D eigenvalue weighted by molar-refractivity contribution is 0.0909. The standard InChI is InChI=1S/C21H30ClN5OSi/c1-23-9-10-24-17-7-5-16(6-8-17)19-13-18-20(22)25-14-26-21(18)27(19)15-28-11-12-29(2,3)4/h5-8,13-14,23-24H,9-12,15H2,1-4H3. The van der Waals surface area contributed by atoms with Crippen molar-refractivity contribution in [1.82, 2.24) is 19.9 Å². The maximum Gasteiger partial charge on any atom is 0.147 e. The van der Waals surface area contributed by atoms with Crippen LogP contribution in [0.15, 0.2) is 36.7 Å². The van der Waals surface area contributed by atoms with Gasteiger partial charge in [0.05, 0.1) is 11.1 Å². The van der Waals surface area contributed by atoms with Gasteiger partial charge in [-0.15, -0.1) is 0 Å². The van der Waals surface area contributed by atoms with Crippen molar-refractivity contribution >= 4 is 36.4 Å². The third kappa shape index (κ3) is 5.79. The van der Waals surface area contributed by atoms with Crippen molar-refractivity contribution in [2.24, 2.45) is 0 Å². The van der Waals surface area contributed by atoms with E-state index in [4.69, 9.17) is 16.3 Å². The molecule has 3 rings (SSSR count). The fraction of sp³-hybridized carbons (Fsp3) is 0.429. The summed E-state index contributed by atoms with van der Waals surface area (Å²) in [7, 11) is 0.816. The molecule has 0 spiro atoms. The largest absolute Gasteiger partial charge is 0.384 e. The molecule has 0 unspecified atom stereocenters. The number of hydrogen-bond acceptors (Lipinski definition) is 5. The number of ether oxygens (including phenoxy) is 1. The van der Waals surface area contributed by atoms with Gasteiger partial charge < -0.3 is 19.9 Å². The number of hydrogen-bond donors (Lipinski definition) is 2. The van der Waals surface area contributed by atoms with Crippen LogP contribution in [0.3, 0.4) is 0 Å². The van der Waals surface area contributed by atoms with E-state index < -0.39 is 8.07 Å². The monoisotopic (exact) mass is 431 g/mol. The lowest BCUT2D eigenvalue weighted by Crippen LogP contribution is -2.22. The fourth-order valence-electron chi connectivity index (χ4n) is 3.03. The van der Waals surface area contributed by atoms with E-state index in [2.05, 4.69) is 69.1 Å². The van der Waals surface area contributed by atoms with Crippen LogP contribution in [0.4, 0.5) is 5.69 Å². The number of nitrogens with one attached hydrogen (secondary N) is 2. The minimum absolute atomic E-state index is 0.443. The van der Waals surface area contributed by atoms with Crippen LogP contribution in [-0.4, -0.2) is 49.4 Å². The molecule has 2 N–H and O–H groups in total. The van der Waals surface area contributed by atoms with Crippen molar-refractivity contribution in [3.8, 4) is 11.3 Å². The number of nitrogens with zero attached hydrogens (tertiary/aromatic N) is 3. The number of anilines is 1. The Bertz CT molecular complexity index is 937. The second-order valence-corrected chi connectivity index (χ2v) is 14.3. The van der Waals surface area contributed by atoms with E-state index in [1.54, 1.807) is 0 Å². The topological polar surface area (TPSA) is 64.0 Å². The molecule has 6 nitrogen and oxygen atoms in total. The molecule has 0 fully saturated rings. The van der Waals surface area contributed by atoms with Gasteiger partial charge >= 0.3 is 0 Å². The summed E-state index contributed by atoms with van der Waals surface area (Å²) >= 11 is 6.33. The highest BCUT2D eigenvalue weighted by molar-refractivity contribution is 6.76. The second kappa shape index (κ2) is 9.71. The van der Waals surface area contributed by atoms with Gasteiger partial charge in [-0.3, -0.25) is 0 Å². The van der Waals surface area contributed by atoms with Gasteiger partial charge in [-0.2, -0.15) is 0 Å².